The Bertz CT molecular complexity index is 649. The Balaban J connectivity index is 1.68. The second-order valence-corrected chi connectivity index (χ2v) is 7.10. The minimum Gasteiger partial charge on any atom is -0.466 e. The van der Waals surface area contributed by atoms with Gasteiger partial charge in [-0.3, -0.25) is 0 Å². The van der Waals surface area contributed by atoms with Crippen LogP contribution in [0.1, 0.15) is 31.7 Å². The molecule has 0 aromatic heterocycles. The van der Waals surface area contributed by atoms with Gasteiger partial charge in [-0.25, -0.2) is 4.79 Å². The van der Waals surface area contributed by atoms with Gasteiger partial charge in [0.05, 0.1) is 7.11 Å². The summed E-state index contributed by atoms with van der Waals surface area (Å²) in [6.07, 6.45) is 2.41. The highest BCUT2D eigenvalue weighted by Gasteiger charge is 2.71. The molecule has 4 nitrogen and oxygen atoms in total. The van der Waals surface area contributed by atoms with E-state index in [9.17, 15) is 4.79 Å². The Kier molecular flexibility index (Phi) is 3.19. The number of hydrogen-bond acceptors (Lipinski definition) is 4. The van der Waals surface area contributed by atoms with Gasteiger partial charge in [0.2, 0.25) is 0 Å². The van der Waals surface area contributed by atoms with Crippen molar-refractivity contribution in [3.05, 3.63) is 48.0 Å². The van der Waals surface area contributed by atoms with Crippen LogP contribution in [0.4, 0.5) is 0 Å². The van der Waals surface area contributed by atoms with Crippen molar-refractivity contribution in [2.45, 2.75) is 44.2 Å². The maximum atomic E-state index is 12.0. The molecule has 1 saturated heterocycles. The molecule has 2 saturated carbocycles. The van der Waals surface area contributed by atoms with E-state index in [4.69, 9.17) is 14.2 Å². The van der Waals surface area contributed by atoms with Crippen molar-refractivity contribution in [3.8, 4) is 0 Å². The van der Waals surface area contributed by atoms with E-state index in [2.05, 4.69) is 18.7 Å². The number of rotatable bonds is 4. The van der Waals surface area contributed by atoms with Gasteiger partial charge in [0.15, 0.2) is 12.6 Å². The number of benzene rings is 1. The molecule has 3 atom stereocenters. The second kappa shape index (κ2) is 4.92. The molecule has 3 aliphatic rings. The minimum atomic E-state index is -0.292. The standard InChI is InChI=1S/C19H22O4/c1-12(16(20)21-3)18-9-15(18)10-19(11-18,17-22-13(2)23-17)14-7-5-4-6-8-14/h4-8,13,15,17H,1,9-11H2,2-3H3. The number of ether oxygens (including phenoxy) is 3. The van der Waals surface area contributed by atoms with E-state index in [0.29, 0.717) is 11.5 Å². The Morgan fingerprint density at radius 1 is 1.26 bits per heavy atom. The summed E-state index contributed by atoms with van der Waals surface area (Å²) in [7, 11) is 1.42. The van der Waals surface area contributed by atoms with Gasteiger partial charge in [-0.05, 0) is 37.7 Å². The first kappa shape index (κ1) is 14.9. The van der Waals surface area contributed by atoms with Gasteiger partial charge in [-0.1, -0.05) is 36.9 Å². The summed E-state index contributed by atoms with van der Waals surface area (Å²) >= 11 is 0. The molecule has 1 heterocycles. The lowest BCUT2D eigenvalue weighted by molar-refractivity contribution is -0.398. The van der Waals surface area contributed by atoms with Crippen LogP contribution >= 0.6 is 0 Å². The SMILES string of the molecule is C=C(C(=O)OC)C12CC1CC(c1ccccc1)(C1OC(C)O1)C2. The largest absolute Gasteiger partial charge is 0.466 e. The van der Waals surface area contributed by atoms with Crippen LogP contribution in [-0.4, -0.2) is 25.7 Å². The zero-order valence-corrected chi connectivity index (χ0v) is 13.6. The van der Waals surface area contributed by atoms with Crippen LogP contribution in [0.3, 0.4) is 0 Å². The summed E-state index contributed by atoms with van der Waals surface area (Å²) in [5.41, 5.74) is 1.48. The number of esters is 1. The molecule has 4 rings (SSSR count). The average Bonchev–Trinajstić information content (AvgIpc) is 3.13. The fourth-order valence-corrected chi connectivity index (χ4v) is 4.67. The predicted molar refractivity (Wildman–Crippen MR) is 84.5 cm³/mol. The summed E-state index contributed by atoms with van der Waals surface area (Å²) < 4.78 is 16.7. The monoisotopic (exact) mass is 314 g/mol. The summed E-state index contributed by atoms with van der Waals surface area (Å²) in [6, 6.07) is 10.4. The molecule has 1 aromatic carbocycles. The summed E-state index contributed by atoms with van der Waals surface area (Å²) in [4.78, 5) is 12.0. The summed E-state index contributed by atoms with van der Waals surface area (Å²) in [5, 5.41) is 0. The highest BCUT2D eigenvalue weighted by atomic mass is 16.9. The van der Waals surface area contributed by atoms with E-state index in [1.54, 1.807) is 0 Å². The molecule has 3 fully saturated rings. The fourth-order valence-electron chi connectivity index (χ4n) is 4.67. The maximum absolute atomic E-state index is 12.0. The molecule has 122 valence electrons. The Morgan fingerprint density at radius 2 is 1.96 bits per heavy atom. The van der Waals surface area contributed by atoms with Gasteiger partial charge >= 0.3 is 5.97 Å². The summed E-state index contributed by atoms with van der Waals surface area (Å²) in [6.45, 7) is 5.95. The Morgan fingerprint density at radius 3 is 2.57 bits per heavy atom. The number of methoxy groups -OCH3 is 1. The van der Waals surface area contributed by atoms with Crippen LogP contribution in [0.25, 0.3) is 0 Å². The Hall–Kier alpha value is -1.65. The van der Waals surface area contributed by atoms with Crippen molar-refractivity contribution in [1.29, 1.82) is 0 Å². The van der Waals surface area contributed by atoms with Gasteiger partial charge in [-0.15, -0.1) is 0 Å². The molecule has 3 unspecified atom stereocenters. The van der Waals surface area contributed by atoms with Crippen LogP contribution in [0, 0.1) is 11.3 Å². The zero-order valence-electron chi connectivity index (χ0n) is 13.6. The molecule has 2 aliphatic carbocycles. The highest BCUT2D eigenvalue weighted by molar-refractivity contribution is 5.90. The third-order valence-corrected chi connectivity index (χ3v) is 5.94. The van der Waals surface area contributed by atoms with Crippen LogP contribution < -0.4 is 0 Å². The van der Waals surface area contributed by atoms with E-state index in [-0.39, 0.29) is 29.4 Å². The van der Waals surface area contributed by atoms with Crippen molar-refractivity contribution in [2.24, 2.45) is 11.3 Å². The third kappa shape index (κ3) is 2.01. The summed E-state index contributed by atoms with van der Waals surface area (Å²) in [5.74, 6) is 0.164. The van der Waals surface area contributed by atoms with Crippen molar-refractivity contribution < 1.29 is 19.0 Å². The first-order chi connectivity index (χ1) is 11.0. The first-order valence-electron chi connectivity index (χ1n) is 8.16. The number of hydrogen-bond donors (Lipinski definition) is 0. The lowest BCUT2D eigenvalue weighted by Gasteiger charge is -2.47. The lowest BCUT2D eigenvalue weighted by atomic mass is 9.72. The predicted octanol–water partition coefficient (Wildman–Crippen LogP) is 3.17. The topological polar surface area (TPSA) is 44.8 Å². The van der Waals surface area contributed by atoms with Gasteiger partial charge < -0.3 is 14.2 Å². The van der Waals surface area contributed by atoms with Crippen molar-refractivity contribution in [3.63, 3.8) is 0 Å². The number of carbonyl (C=O) groups is 1. The van der Waals surface area contributed by atoms with Gasteiger partial charge in [0.1, 0.15) is 0 Å². The van der Waals surface area contributed by atoms with Crippen LogP contribution in [-0.2, 0) is 24.4 Å². The number of carbonyl (C=O) groups excluding carboxylic acids is 1. The van der Waals surface area contributed by atoms with Gasteiger partial charge in [0, 0.05) is 16.4 Å². The lowest BCUT2D eigenvalue weighted by Crippen LogP contribution is -2.53. The molecule has 0 spiro atoms. The molecule has 4 heteroatoms. The molecular formula is C19H22O4. The third-order valence-electron chi connectivity index (χ3n) is 5.94. The molecule has 0 amide bonds. The van der Waals surface area contributed by atoms with Crippen LogP contribution in [0.5, 0.6) is 0 Å². The minimum absolute atomic E-state index is 0.144. The first-order valence-corrected chi connectivity index (χ1v) is 8.16. The van der Waals surface area contributed by atoms with Crippen molar-refractivity contribution >= 4 is 5.97 Å². The fraction of sp³-hybridized carbons (Fsp3) is 0.526. The smallest absolute Gasteiger partial charge is 0.333 e. The molecule has 1 aromatic rings. The van der Waals surface area contributed by atoms with Crippen molar-refractivity contribution in [1.82, 2.24) is 0 Å². The van der Waals surface area contributed by atoms with E-state index >= 15 is 0 Å². The second-order valence-electron chi connectivity index (χ2n) is 7.10. The number of fused-ring (bicyclic) bond motifs is 1. The molecule has 0 bridgehead atoms. The van der Waals surface area contributed by atoms with E-state index < -0.39 is 0 Å². The van der Waals surface area contributed by atoms with Crippen LogP contribution in [0.2, 0.25) is 0 Å². The highest BCUT2D eigenvalue weighted by Crippen LogP contribution is 2.74. The normalized spacial score (nSPS) is 40.9. The average molecular weight is 314 g/mol. The quantitative estimate of drug-likeness (QED) is 0.632. The molecule has 0 radical (unpaired) electrons. The molecule has 0 N–H and O–H groups in total. The molecule has 1 aliphatic heterocycles. The molecular weight excluding hydrogens is 292 g/mol. The van der Waals surface area contributed by atoms with Gasteiger partial charge in [-0.2, -0.15) is 0 Å². The van der Waals surface area contributed by atoms with Crippen LogP contribution in [0.15, 0.2) is 42.5 Å². The zero-order chi connectivity index (χ0) is 16.2. The Labute approximate surface area is 136 Å². The van der Waals surface area contributed by atoms with Gasteiger partial charge in [0.25, 0.3) is 0 Å². The molecule has 23 heavy (non-hydrogen) atoms. The van der Waals surface area contributed by atoms with E-state index in [0.717, 1.165) is 19.3 Å². The van der Waals surface area contributed by atoms with E-state index in [1.807, 2.05) is 25.1 Å². The van der Waals surface area contributed by atoms with Crippen molar-refractivity contribution in [2.75, 3.05) is 7.11 Å². The maximum Gasteiger partial charge on any atom is 0.333 e. The van der Waals surface area contributed by atoms with E-state index in [1.165, 1.54) is 12.7 Å².